The first-order valence-corrected chi connectivity index (χ1v) is 5.29. The van der Waals surface area contributed by atoms with E-state index in [-0.39, 0.29) is 11.8 Å². The van der Waals surface area contributed by atoms with Gasteiger partial charge in [0.15, 0.2) is 0 Å². The van der Waals surface area contributed by atoms with Crippen molar-refractivity contribution in [2.24, 2.45) is 5.92 Å². The average Bonchev–Trinajstić information content (AvgIpc) is 2.57. The lowest BCUT2D eigenvalue weighted by molar-refractivity contribution is -0.129. The average molecular weight is 184 g/mol. The fourth-order valence-electron chi connectivity index (χ4n) is 1.66. The number of hydrogen-bond acceptors (Lipinski definition) is 2. The van der Waals surface area contributed by atoms with Gasteiger partial charge in [0.25, 0.3) is 0 Å². The molecule has 0 bridgehead atoms. The second-order valence-corrected chi connectivity index (χ2v) is 3.86. The zero-order valence-corrected chi connectivity index (χ0v) is 8.68. The van der Waals surface area contributed by atoms with Gasteiger partial charge in [0.1, 0.15) is 0 Å². The monoisotopic (exact) mass is 184 g/mol. The summed E-state index contributed by atoms with van der Waals surface area (Å²) in [6, 6.07) is 0. The fraction of sp³-hybridized carbons (Fsp3) is 0.900. The molecular weight excluding hydrogens is 164 g/mol. The first-order chi connectivity index (χ1) is 6.24. The maximum absolute atomic E-state index is 11.5. The molecule has 1 amide bonds. The van der Waals surface area contributed by atoms with Crippen LogP contribution in [0.4, 0.5) is 0 Å². The second kappa shape index (κ2) is 5.22. The molecule has 0 saturated carbocycles. The molecule has 1 aliphatic rings. The molecule has 1 heterocycles. The Morgan fingerprint density at radius 1 is 1.46 bits per heavy atom. The Morgan fingerprint density at radius 3 is 2.62 bits per heavy atom. The van der Waals surface area contributed by atoms with Crippen LogP contribution in [-0.2, 0) is 4.79 Å². The molecule has 1 saturated heterocycles. The van der Waals surface area contributed by atoms with E-state index < -0.39 is 0 Å². The molecular formula is C10H20N2O. The molecule has 0 spiro atoms. The third-order valence-electron chi connectivity index (χ3n) is 2.54. The molecule has 13 heavy (non-hydrogen) atoms. The summed E-state index contributed by atoms with van der Waals surface area (Å²) < 4.78 is 0. The first-order valence-electron chi connectivity index (χ1n) is 5.29. The van der Waals surface area contributed by atoms with Crippen LogP contribution in [0.25, 0.3) is 0 Å². The van der Waals surface area contributed by atoms with E-state index in [2.05, 4.69) is 12.3 Å². The van der Waals surface area contributed by atoms with E-state index in [1.807, 2.05) is 11.9 Å². The summed E-state index contributed by atoms with van der Waals surface area (Å²) in [4.78, 5) is 11.5. The third-order valence-corrected chi connectivity index (χ3v) is 2.54. The van der Waals surface area contributed by atoms with Gasteiger partial charge in [0.2, 0.25) is 5.91 Å². The largest absolute Gasteiger partial charge is 0.289 e. The fourth-order valence-corrected chi connectivity index (χ4v) is 1.66. The van der Waals surface area contributed by atoms with Crippen molar-refractivity contribution in [2.75, 3.05) is 13.1 Å². The molecule has 3 heteroatoms. The third kappa shape index (κ3) is 3.35. The number of nitrogens with zero attached hydrogens (tertiary/aromatic N) is 1. The molecule has 1 atom stereocenters. The van der Waals surface area contributed by atoms with Gasteiger partial charge in [0.05, 0.1) is 0 Å². The summed E-state index contributed by atoms with van der Waals surface area (Å²) >= 11 is 0. The topological polar surface area (TPSA) is 32.3 Å². The molecule has 1 unspecified atom stereocenters. The Morgan fingerprint density at radius 2 is 2.08 bits per heavy atom. The minimum absolute atomic E-state index is 0.158. The van der Waals surface area contributed by atoms with Crippen molar-refractivity contribution >= 4 is 5.91 Å². The zero-order valence-electron chi connectivity index (χ0n) is 8.68. The van der Waals surface area contributed by atoms with E-state index in [1.54, 1.807) is 0 Å². The van der Waals surface area contributed by atoms with Crippen LogP contribution in [0.2, 0.25) is 0 Å². The molecule has 0 aromatic carbocycles. The maximum atomic E-state index is 11.5. The second-order valence-electron chi connectivity index (χ2n) is 3.86. The lowest BCUT2D eigenvalue weighted by atomic mass is 10.1. The van der Waals surface area contributed by atoms with Gasteiger partial charge in [-0.3, -0.25) is 10.2 Å². The molecule has 1 fully saturated rings. The SMILES string of the molecule is CCCC(C)C(=O)NN1CCCC1. The van der Waals surface area contributed by atoms with Crippen LogP contribution in [-0.4, -0.2) is 24.0 Å². The molecule has 0 aromatic heterocycles. The molecule has 0 aliphatic carbocycles. The molecule has 76 valence electrons. The predicted molar refractivity (Wildman–Crippen MR) is 53.0 cm³/mol. The molecule has 0 radical (unpaired) electrons. The number of hydrazine groups is 1. The maximum Gasteiger partial charge on any atom is 0.237 e. The highest BCUT2D eigenvalue weighted by molar-refractivity contribution is 5.77. The summed E-state index contributed by atoms with van der Waals surface area (Å²) in [6.45, 7) is 6.14. The molecule has 0 aromatic rings. The van der Waals surface area contributed by atoms with Crippen molar-refractivity contribution in [3.8, 4) is 0 Å². The number of amides is 1. The predicted octanol–water partition coefficient (Wildman–Crippen LogP) is 1.55. The summed E-state index contributed by atoms with van der Waals surface area (Å²) in [5, 5.41) is 2.04. The van der Waals surface area contributed by atoms with Crippen molar-refractivity contribution in [3.63, 3.8) is 0 Å². The van der Waals surface area contributed by atoms with Gasteiger partial charge in [-0.2, -0.15) is 0 Å². The van der Waals surface area contributed by atoms with Gasteiger partial charge < -0.3 is 0 Å². The number of carbonyl (C=O) groups excluding carboxylic acids is 1. The van der Waals surface area contributed by atoms with Gasteiger partial charge >= 0.3 is 0 Å². The van der Waals surface area contributed by atoms with Crippen LogP contribution in [0.1, 0.15) is 39.5 Å². The van der Waals surface area contributed by atoms with Crippen LogP contribution >= 0.6 is 0 Å². The summed E-state index contributed by atoms with van der Waals surface area (Å²) in [5.74, 6) is 0.342. The quantitative estimate of drug-likeness (QED) is 0.719. The van der Waals surface area contributed by atoms with E-state index in [4.69, 9.17) is 0 Å². The van der Waals surface area contributed by atoms with Crippen LogP contribution in [0.3, 0.4) is 0 Å². The highest BCUT2D eigenvalue weighted by Crippen LogP contribution is 2.08. The lowest BCUT2D eigenvalue weighted by Crippen LogP contribution is -2.42. The van der Waals surface area contributed by atoms with Crippen molar-refractivity contribution in [1.82, 2.24) is 10.4 Å². The smallest absolute Gasteiger partial charge is 0.237 e. The number of carbonyl (C=O) groups is 1. The van der Waals surface area contributed by atoms with Crippen molar-refractivity contribution < 1.29 is 4.79 Å². The van der Waals surface area contributed by atoms with Gasteiger partial charge in [-0.15, -0.1) is 0 Å². The van der Waals surface area contributed by atoms with Gasteiger partial charge in [-0.25, -0.2) is 5.01 Å². The van der Waals surface area contributed by atoms with Crippen LogP contribution in [0.15, 0.2) is 0 Å². The Kier molecular flexibility index (Phi) is 4.22. The highest BCUT2D eigenvalue weighted by atomic mass is 16.2. The molecule has 1 N–H and O–H groups in total. The van der Waals surface area contributed by atoms with E-state index in [9.17, 15) is 4.79 Å². The van der Waals surface area contributed by atoms with Crippen molar-refractivity contribution in [2.45, 2.75) is 39.5 Å². The van der Waals surface area contributed by atoms with E-state index in [1.165, 1.54) is 12.8 Å². The van der Waals surface area contributed by atoms with Gasteiger partial charge in [-0.05, 0) is 19.3 Å². The number of nitrogens with one attached hydrogen (secondary N) is 1. The van der Waals surface area contributed by atoms with Crippen molar-refractivity contribution in [3.05, 3.63) is 0 Å². The minimum atomic E-state index is 0.158. The summed E-state index contributed by atoms with van der Waals surface area (Å²) in [5.41, 5.74) is 2.96. The Balaban J connectivity index is 2.22. The lowest BCUT2D eigenvalue weighted by Gasteiger charge is -2.19. The van der Waals surface area contributed by atoms with Crippen LogP contribution in [0, 0.1) is 5.92 Å². The summed E-state index contributed by atoms with van der Waals surface area (Å²) in [6.07, 6.45) is 4.49. The Hall–Kier alpha value is -0.570. The van der Waals surface area contributed by atoms with Crippen LogP contribution < -0.4 is 5.43 Å². The van der Waals surface area contributed by atoms with Gasteiger partial charge in [0, 0.05) is 19.0 Å². The number of rotatable bonds is 4. The first kappa shape index (κ1) is 10.5. The molecule has 1 rings (SSSR count). The molecule has 3 nitrogen and oxygen atoms in total. The standard InChI is InChI=1S/C10H20N2O/c1-3-6-9(2)10(13)11-12-7-4-5-8-12/h9H,3-8H2,1-2H3,(H,11,13). The van der Waals surface area contributed by atoms with Crippen LogP contribution in [0.5, 0.6) is 0 Å². The summed E-state index contributed by atoms with van der Waals surface area (Å²) in [7, 11) is 0. The van der Waals surface area contributed by atoms with E-state index in [0.29, 0.717) is 0 Å². The minimum Gasteiger partial charge on any atom is -0.289 e. The van der Waals surface area contributed by atoms with E-state index in [0.717, 1.165) is 25.9 Å². The molecule has 1 aliphatic heterocycles. The van der Waals surface area contributed by atoms with E-state index >= 15 is 0 Å². The normalized spacial score (nSPS) is 20.2. The Bertz CT molecular complexity index is 164. The van der Waals surface area contributed by atoms with Crippen molar-refractivity contribution in [1.29, 1.82) is 0 Å². The van der Waals surface area contributed by atoms with Gasteiger partial charge in [-0.1, -0.05) is 20.3 Å². The highest BCUT2D eigenvalue weighted by Gasteiger charge is 2.17. The number of hydrogen-bond donors (Lipinski definition) is 1. The zero-order chi connectivity index (χ0) is 9.68. The Labute approximate surface area is 80.5 Å².